The van der Waals surface area contributed by atoms with Gasteiger partial charge in [0.1, 0.15) is 6.72 Å². The molecule has 0 aromatic carbocycles. The fourth-order valence-corrected chi connectivity index (χ4v) is 0.395. The largest absolute Gasteiger partial charge is 0.324 e. The number of rotatable bonds is 3. The highest BCUT2D eigenvalue weighted by Gasteiger charge is 2.20. The zero-order valence-corrected chi connectivity index (χ0v) is 7.48. The Balaban J connectivity index is 3.64. The molecule has 0 rings (SSSR count). The van der Waals surface area contributed by atoms with Crippen molar-refractivity contribution in [3.8, 4) is 0 Å². The number of ether oxygens (including phenoxy) is 1. The van der Waals surface area contributed by atoms with E-state index in [1.165, 1.54) is 0 Å². The molecule has 2 heteroatoms. The molecule has 2 nitrogen and oxygen atoms in total. The van der Waals surface area contributed by atoms with Gasteiger partial charge >= 0.3 is 0 Å². The van der Waals surface area contributed by atoms with Crippen molar-refractivity contribution in [2.24, 2.45) is 0 Å². The van der Waals surface area contributed by atoms with Crippen LogP contribution in [0.4, 0.5) is 0 Å². The molecule has 0 aromatic rings. The topological polar surface area (TPSA) is 12.2 Å². The first-order valence-corrected chi connectivity index (χ1v) is 3.64. The third-order valence-electron chi connectivity index (χ3n) is 1.40. The minimum absolute atomic E-state index is 0.106. The van der Waals surface area contributed by atoms with Gasteiger partial charge in [0.05, 0.1) is 6.61 Å². The van der Waals surface area contributed by atoms with Gasteiger partial charge in [-0.3, -0.25) is 0 Å². The molecular weight excluding hydrogens is 126 g/mol. The van der Waals surface area contributed by atoms with Crippen LogP contribution < -0.4 is 0 Å². The Kier molecular flexibility index (Phi) is 3.58. The average Bonchev–Trinajstić information content (AvgIpc) is 1.80. The second kappa shape index (κ2) is 3.71. The van der Waals surface area contributed by atoms with Crippen molar-refractivity contribution < 1.29 is 9.31 Å². The molecule has 0 bridgehead atoms. The van der Waals surface area contributed by atoms with Crippen molar-refractivity contribution in [2.75, 3.05) is 13.3 Å². The van der Waals surface area contributed by atoms with Gasteiger partial charge in [0.2, 0.25) is 6.73 Å². The van der Waals surface area contributed by atoms with Gasteiger partial charge in [-0.2, -0.15) is 0 Å². The molecule has 0 aliphatic heterocycles. The van der Waals surface area contributed by atoms with Crippen molar-refractivity contribution in [2.45, 2.75) is 33.2 Å². The van der Waals surface area contributed by atoms with Crippen LogP contribution in [0.1, 0.15) is 27.7 Å². The summed E-state index contributed by atoms with van der Waals surface area (Å²) in [6, 6.07) is 0. The molecule has 0 fully saturated rings. The van der Waals surface area contributed by atoms with E-state index in [1.807, 2.05) is 11.5 Å². The third-order valence-corrected chi connectivity index (χ3v) is 1.40. The molecule has 0 aromatic heterocycles. The first-order chi connectivity index (χ1) is 4.48. The van der Waals surface area contributed by atoms with E-state index in [2.05, 4.69) is 27.5 Å². The van der Waals surface area contributed by atoms with Crippen molar-refractivity contribution in [3.05, 3.63) is 0 Å². The van der Waals surface area contributed by atoms with E-state index in [4.69, 9.17) is 4.74 Å². The zero-order chi connectivity index (χ0) is 8.20. The Labute approximate surface area is 63.5 Å². The summed E-state index contributed by atoms with van der Waals surface area (Å²) in [5.41, 5.74) is 0.106. The normalized spacial score (nSPS) is 11.6. The lowest BCUT2D eigenvalue weighted by Gasteiger charge is -2.15. The standard InChI is InChI=1S/C8H18NO/c1-6-10-7-9(5)8(2,3)4/h5-7H2,1-4H3/q+1. The van der Waals surface area contributed by atoms with Crippen LogP contribution in [0.25, 0.3) is 0 Å². The fourth-order valence-electron chi connectivity index (χ4n) is 0.395. The first kappa shape index (κ1) is 9.63. The Bertz CT molecular complexity index is 113. The van der Waals surface area contributed by atoms with Crippen molar-refractivity contribution >= 4 is 6.72 Å². The molecule has 0 aliphatic rings. The maximum Gasteiger partial charge on any atom is 0.247 e. The minimum atomic E-state index is 0.106. The molecule has 0 unspecified atom stereocenters. The van der Waals surface area contributed by atoms with Crippen LogP contribution in [0.2, 0.25) is 0 Å². The minimum Gasteiger partial charge on any atom is -0.324 e. The smallest absolute Gasteiger partial charge is 0.247 e. The fraction of sp³-hybridized carbons (Fsp3) is 0.875. The molecule has 60 valence electrons. The highest BCUT2D eigenvalue weighted by molar-refractivity contribution is 5.15. The average molecular weight is 144 g/mol. The van der Waals surface area contributed by atoms with E-state index in [-0.39, 0.29) is 5.54 Å². The summed E-state index contributed by atoms with van der Waals surface area (Å²) in [5.74, 6) is 0. The lowest BCUT2D eigenvalue weighted by atomic mass is 10.1. The Morgan fingerprint density at radius 2 is 1.90 bits per heavy atom. The summed E-state index contributed by atoms with van der Waals surface area (Å²) in [6.07, 6.45) is 0. The van der Waals surface area contributed by atoms with E-state index in [9.17, 15) is 0 Å². The molecule has 0 aliphatic carbocycles. The van der Waals surface area contributed by atoms with Crippen LogP contribution in [0, 0.1) is 0 Å². The quantitative estimate of drug-likeness (QED) is 0.332. The van der Waals surface area contributed by atoms with Crippen LogP contribution in [0.15, 0.2) is 0 Å². The van der Waals surface area contributed by atoms with E-state index < -0.39 is 0 Å². The van der Waals surface area contributed by atoms with Gasteiger partial charge in [-0.05, 0) is 27.7 Å². The van der Waals surface area contributed by atoms with Crippen molar-refractivity contribution in [1.82, 2.24) is 0 Å². The van der Waals surface area contributed by atoms with Gasteiger partial charge in [0, 0.05) is 0 Å². The summed E-state index contributed by atoms with van der Waals surface area (Å²) in [7, 11) is 0. The second-order valence-corrected chi connectivity index (χ2v) is 3.33. The van der Waals surface area contributed by atoms with Crippen LogP contribution in [0.5, 0.6) is 0 Å². The van der Waals surface area contributed by atoms with Gasteiger partial charge in [0.25, 0.3) is 0 Å². The summed E-state index contributed by atoms with van der Waals surface area (Å²) < 4.78 is 7.11. The molecule has 10 heavy (non-hydrogen) atoms. The molecule has 0 heterocycles. The molecule has 0 saturated heterocycles. The molecule has 0 radical (unpaired) electrons. The van der Waals surface area contributed by atoms with E-state index >= 15 is 0 Å². The van der Waals surface area contributed by atoms with Crippen LogP contribution in [0.3, 0.4) is 0 Å². The zero-order valence-electron chi connectivity index (χ0n) is 7.48. The molecule has 0 spiro atoms. The van der Waals surface area contributed by atoms with Gasteiger partial charge < -0.3 is 4.74 Å². The van der Waals surface area contributed by atoms with Crippen LogP contribution in [-0.2, 0) is 4.74 Å². The highest BCUT2D eigenvalue weighted by atomic mass is 16.5. The lowest BCUT2D eigenvalue weighted by Crippen LogP contribution is -2.33. The Morgan fingerprint density at radius 1 is 1.40 bits per heavy atom. The van der Waals surface area contributed by atoms with Gasteiger partial charge in [-0.1, -0.05) is 0 Å². The van der Waals surface area contributed by atoms with E-state index in [0.29, 0.717) is 6.73 Å². The molecule has 0 atom stereocenters. The summed E-state index contributed by atoms with van der Waals surface area (Å²) >= 11 is 0. The van der Waals surface area contributed by atoms with Gasteiger partial charge in [0.15, 0.2) is 5.54 Å². The summed E-state index contributed by atoms with van der Waals surface area (Å²) in [6.45, 7) is 13.5. The number of hydrogen-bond donors (Lipinski definition) is 0. The molecule has 0 amide bonds. The Morgan fingerprint density at radius 3 is 2.20 bits per heavy atom. The number of hydrogen-bond acceptors (Lipinski definition) is 1. The van der Waals surface area contributed by atoms with E-state index in [0.717, 1.165) is 6.61 Å². The highest BCUT2D eigenvalue weighted by Crippen LogP contribution is 2.04. The Hall–Kier alpha value is -0.370. The predicted octanol–water partition coefficient (Wildman–Crippen LogP) is 1.49. The van der Waals surface area contributed by atoms with E-state index in [1.54, 1.807) is 0 Å². The van der Waals surface area contributed by atoms with Gasteiger partial charge in [-0.25, -0.2) is 4.58 Å². The third kappa shape index (κ3) is 3.62. The van der Waals surface area contributed by atoms with Crippen molar-refractivity contribution in [1.29, 1.82) is 0 Å². The molecule has 0 saturated carbocycles. The number of nitrogens with zero attached hydrogens (tertiary/aromatic N) is 1. The summed E-state index contributed by atoms with van der Waals surface area (Å²) in [5, 5.41) is 0. The maximum atomic E-state index is 5.19. The SMILES string of the molecule is C=[N+](COCC)C(C)(C)C. The first-order valence-electron chi connectivity index (χ1n) is 3.64. The second-order valence-electron chi connectivity index (χ2n) is 3.33. The molecule has 0 N–H and O–H groups in total. The monoisotopic (exact) mass is 144 g/mol. The van der Waals surface area contributed by atoms with Crippen LogP contribution in [-0.4, -0.2) is 30.2 Å². The predicted molar refractivity (Wildman–Crippen MR) is 43.6 cm³/mol. The molecular formula is C8H18NO+. The van der Waals surface area contributed by atoms with Gasteiger partial charge in [-0.15, -0.1) is 0 Å². The van der Waals surface area contributed by atoms with Crippen molar-refractivity contribution in [3.63, 3.8) is 0 Å². The maximum absolute atomic E-state index is 5.19. The lowest BCUT2D eigenvalue weighted by molar-refractivity contribution is -0.622. The summed E-state index contributed by atoms with van der Waals surface area (Å²) in [4.78, 5) is 0. The van der Waals surface area contributed by atoms with Crippen LogP contribution >= 0.6 is 0 Å².